The number of phosphoric ester groups is 2. The molecule has 0 aromatic heterocycles. The summed E-state index contributed by atoms with van der Waals surface area (Å²) in [6, 6.07) is 0. The topological polar surface area (TPSA) is 237 Å². The Labute approximate surface area is 581 Å². The molecule has 19 heteroatoms. The number of unbranched alkanes of at least 4 members (excludes halogenated alkanes) is 43. The van der Waals surface area contributed by atoms with Crippen LogP contribution in [0.5, 0.6) is 0 Å². The second-order valence-corrected chi connectivity index (χ2v) is 30.8. The van der Waals surface area contributed by atoms with Crippen LogP contribution in [0.15, 0.2) is 0 Å². The third-order valence-corrected chi connectivity index (χ3v) is 20.3. The lowest BCUT2D eigenvalue weighted by atomic mass is 9.99. The molecule has 0 spiro atoms. The van der Waals surface area contributed by atoms with E-state index in [0.29, 0.717) is 25.7 Å². The molecule has 0 aliphatic carbocycles. The first-order valence-corrected chi connectivity index (χ1v) is 42.6. The van der Waals surface area contributed by atoms with E-state index >= 15 is 0 Å². The van der Waals surface area contributed by atoms with Gasteiger partial charge in [-0.15, -0.1) is 0 Å². The van der Waals surface area contributed by atoms with Crippen molar-refractivity contribution in [3.63, 3.8) is 0 Å². The summed E-state index contributed by atoms with van der Waals surface area (Å²) in [4.78, 5) is 72.7. The van der Waals surface area contributed by atoms with Gasteiger partial charge in [0.05, 0.1) is 26.4 Å². The highest BCUT2D eigenvalue weighted by Gasteiger charge is 2.30. The van der Waals surface area contributed by atoms with Crippen molar-refractivity contribution in [1.29, 1.82) is 0 Å². The van der Waals surface area contributed by atoms with Crippen LogP contribution in [0.3, 0.4) is 0 Å². The van der Waals surface area contributed by atoms with Gasteiger partial charge in [-0.1, -0.05) is 343 Å². The number of aliphatic hydroxyl groups is 1. The van der Waals surface area contributed by atoms with E-state index in [-0.39, 0.29) is 25.7 Å². The predicted molar refractivity (Wildman–Crippen MR) is 386 cm³/mol. The van der Waals surface area contributed by atoms with Gasteiger partial charge in [0.15, 0.2) is 12.2 Å². The van der Waals surface area contributed by atoms with Crippen LogP contribution in [0.25, 0.3) is 0 Å². The number of hydrogen-bond acceptors (Lipinski definition) is 15. The highest BCUT2D eigenvalue weighted by atomic mass is 31.2. The third kappa shape index (κ3) is 67.6. The van der Waals surface area contributed by atoms with E-state index in [1.807, 2.05) is 0 Å². The van der Waals surface area contributed by atoms with E-state index in [1.165, 1.54) is 205 Å². The molecular weight excluding hydrogens is 1250 g/mol. The lowest BCUT2D eigenvalue weighted by Gasteiger charge is -2.21. The number of carbonyl (C=O) groups is 4. The van der Waals surface area contributed by atoms with Crippen LogP contribution in [0, 0.1) is 11.8 Å². The first kappa shape index (κ1) is 93.1. The van der Waals surface area contributed by atoms with Crippen LogP contribution in [0.1, 0.15) is 395 Å². The van der Waals surface area contributed by atoms with Crippen molar-refractivity contribution < 1.29 is 80.2 Å². The van der Waals surface area contributed by atoms with Crippen molar-refractivity contribution in [3.05, 3.63) is 0 Å². The summed E-state index contributed by atoms with van der Waals surface area (Å²) in [6.45, 7) is 9.54. The Morgan fingerprint density at radius 2 is 0.505 bits per heavy atom. The second kappa shape index (κ2) is 67.9. The standard InChI is InChI=1S/C76H148O17P2/c1-7-11-13-15-17-19-21-22-23-24-25-26-27-28-29-30-31-33-35-41-49-55-61-76(81)92-71(64-86-73(78)58-52-46-39-37-36-38-44-50-56-68(5)9-3)66-90-94(82,83)88-62-70(77)63-89-95(84,85)91-67-72(65-87-74(79)59-53-47-43-42-45-51-57-69(6)10-4)93-75(80)60-54-48-40-34-32-20-18-16-14-12-8-2/h68-72,77H,7-67H2,1-6H3,(H,82,83)(H,84,85)/t68?,69?,70-,71-,72-/m1/s1. The Balaban J connectivity index is 5.18. The fourth-order valence-electron chi connectivity index (χ4n) is 11.6. The van der Waals surface area contributed by atoms with Crippen molar-refractivity contribution in [2.75, 3.05) is 39.6 Å². The smallest absolute Gasteiger partial charge is 0.462 e. The lowest BCUT2D eigenvalue weighted by Crippen LogP contribution is -2.30. The fourth-order valence-corrected chi connectivity index (χ4v) is 13.2. The van der Waals surface area contributed by atoms with Gasteiger partial charge in [-0.25, -0.2) is 9.13 Å². The molecular formula is C76H148O17P2. The number of phosphoric acid groups is 2. The summed E-state index contributed by atoms with van der Waals surface area (Å²) in [5, 5.41) is 10.6. The SMILES string of the molecule is CCCCCCCCCCCCCCCCCCCCCCCCC(=O)O[C@H](COC(=O)CCCCCCCCCCC(C)CC)COP(=O)(O)OC[C@@H](O)COP(=O)(O)OC[C@@H](COC(=O)CCCCCCCCC(C)CC)OC(=O)CCCCCCCCCCCCC. The van der Waals surface area contributed by atoms with Crippen LogP contribution in [0.2, 0.25) is 0 Å². The van der Waals surface area contributed by atoms with Gasteiger partial charge < -0.3 is 33.8 Å². The Bertz CT molecular complexity index is 1840. The van der Waals surface area contributed by atoms with E-state index in [1.54, 1.807) is 0 Å². The third-order valence-electron chi connectivity index (χ3n) is 18.4. The molecule has 0 heterocycles. The van der Waals surface area contributed by atoms with E-state index in [4.69, 9.17) is 37.0 Å². The normalized spacial score (nSPS) is 14.6. The van der Waals surface area contributed by atoms with Gasteiger partial charge in [0.25, 0.3) is 0 Å². The van der Waals surface area contributed by atoms with Crippen LogP contribution < -0.4 is 0 Å². The molecule has 564 valence electrons. The maximum absolute atomic E-state index is 13.1. The molecule has 0 aromatic rings. The number of esters is 4. The molecule has 0 rings (SSSR count). The quantitative estimate of drug-likeness (QED) is 0.0222. The highest BCUT2D eigenvalue weighted by molar-refractivity contribution is 7.47. The molecule has 0 aliphatic heterocycles. The molecule has 0 saturated carbocycles. The van der Waals surface area contributed by atoms with Crippen molar-refractivity contribution in [2.24, 2.45) is 11.8 Å². The summed E-state index contributed by atoms with van der Waals surface area (Å²) in [6.07, 6.45) is 55.6. The molecule has 0 aliphatic rings. The van der Waals surface area contributed by atoms with E-state index in [9.17, 15) is 43.2 Å². The Morgan fingerprint density at radius 1 is 0.295 bits per heavy atom. The number of carbonyl (C=O) groups excluding carboxylic acids is 4. The Morgan fingerprint density at radius 3 is 0.747 bits per heavy atom. The predicted octanol–water partition coefficient (Wildman–Crippen LogP) is 22.3. The minimum absolute atomic E-state index is 0.106. The maximum atomic E-state index is 13.1. The van der Waals surface area contributed by atoms with Crippen molar-refractivity contribution in [2.45, 2.75) is 413 Å². The van der Waals surface area contributed by atoms with Gasteiger partial charge in [0, 0.05) is 25.7 Å². The number of ether oxygens (including phenoxy) is 4. The Kier molecular flexibility index (Phi) is 66.5. The van der Waals surface area contributed by atoms with E-state index < -0.39 is 97.5 Å². The van der Waals surface area contributed by atoms with Crippen LogP contribution in [-0.4, -0.2) is 96.7 Å². The fraction of sp³-hybridized carbons (Fsp3) is 0.947. The zero-order valence-electron chi connectivity index (χ0n) is 62.0. The molecule has 0 fully saturated rings. The van der Waals surface area contributed by atoms with E-state index in [0.717, 1.165) is 108 Å². The minimum Gasteiger partial charge on any atom is -0.462 e. The number of aliphatic hydroxyl groups excluding tert-OH is 1. The van der Waals surface area contributed by atoms with Crippen LogP contribution >= 0.6 is 15.6 Å². The van der Waals surface area contributed by atoms with Gasteiger partial charge in [0.1, 0.15) is 19.3 Å². The highest BCUT2D eigenvalue weighted by Crippen LogP contribution is 2.45. The molecule has 0 bridgehead atoms. The maximum Gasteiger partial charge on any atom is 0.472 e. The summed E-state index contributed by atoms with van der Waals surface area (Å²) in [7, 11) is -9.91. The average molecular weight is 1400 g/mol. The molecule has 4 unspecified atom stereocenters. The first-order valence-electron chi connectivity index (χ1n) is 39.6. The summed E-state index contributed by atoms with van der Waals surface area (Å²) in [5.74, 6) is -0.611. The van der Waals surface area contributed by atoms with Gasteiger partial charge in [-0.3, -0.25) is 37.3 Å². The van der Waals surface area contributed by atoms with E-state index in [2.05, 4.69) is 41.5 Å². The molecule has 0 saturated heterocycles. The molecule has 95 heavy (non-hydrogen) atoms. The average Bonchev–Trinajstić information content (AvgIpc) is 1.54. The minimum atomic E-state index is -4.96. The van der Waals surface area contributed by atoms with Crippen molar-refractivity contribution >= 4 is 39.5 Å². The van der Waals surface area contributed by atoms with Gasteiger partial charge in [-0.05, 0) is 37.5 Å². The van der Waals surface area contributed by atoms with Gasteiger partial charge in [0.2, 0.25) is 0 Å². The summed E-state index contributed by atoms with van der Waals surface area (Å²) < 4.78 is 68.5. The monoisotopic (exact) mass is 1400 g/mol. The van der Waals surface area contributed by atoms with Gasteiger partial charge >= 0.3 is 39.5 Å². The zero-order chi connectivity index (χ0) is 70.0. The second-order valence-electron chi connectivity index (χ2n) is 27.9. The summed E-state index contributed by atoms with van der Waals surface area (Å²) in [5.41, 5.74) is 0. The summed E-state index contributed by atoms with van der Waals surface area (Å²) >= 11 is 0. The molecule has 7 atom stereocenters. The lowest BCUT2D eigenvalue weighted by molar-refractivity contribution is -0.161. The zero-order valence-corrected chi connectivity index (χ0v) is 63.8. The van der Waals surface area contributed by atoms with Crippen molar-refractivity contribution in [1.82, 2.24) is 0 Å². The molecule has 0 radical (unpaired) electrons. The first-order chi connectivity index (χ1) is 45.9. The number of hydrogen-bond donors (Lipinski definition) is 3. The number of rotatable bonds is 75. The Hall–Kier alpha value is -1.94. The van der Waals surface area contributed by atoms with Crippen LogP contribution in [0.4, 0.5) is 0 Å². The molecule has 17 nitrogen and oxygen atoms in total. The molecule has 0 aromatic carbocycles. The van der Waals surface area contributed by atoms with Crippen molar-refractivity contribution in [3.8, 4) is 0 Å². The molecule has 0 amide bonds. The molecule has 3 N–H and O–H groups in total. The van der Waals surface area contributed by atoms with Gasteiger partial charge in [-0.2, -0.15) is 0 Å². The largest absolute Gasteiger partial charge is 0.472 e. The van der Waals surface area contributed by atoms with Crippen LogP contribution in [-0.2, 0) is 65.4 Å².